The molecule has 0 aliphatic rings. The van der Waals surface area contributed by atoms with Crippen LogP contribution < -0.4 is 10.7 Å². The van der Waals surface area contributed by atoms with Gasteiger partial charge in [0.1, 0.15) is 11.3 Å². The smallest absolute Gasteiger partial charge is 0.412 e. The third-order valence-electron chi connectivity index (χ3n) is 4.06. The first-order chi connectivity index (χ1) is 14.5. The molecule has 1 aromatic heterocycles. The quantitative estimate of drug-likeness (QED) is 0.614. The number of nitrogens with zero attached hydrogens (tertiary/aromatic N) is 2. The third kappa shape index (κ3) is 5.71. The van der Waals surface area contributed by atoms with Gasteiger partial charge in [0.25, 0.3) is 0 Å². The number of anilines is 1. The predicted octanol–water partition coefficient (Wildman–Crippen LogP) is 4.59. The Labute approximate surface area is 176 Å². The molecule has 1 N–H and O–H groups in total. The van der Waals surface area contributed by atoms with Crippen LogP contribution >= 0.6 is 0 Å². The van der Waals surface area contributed by atoms with E-state index >= 15 is 0 Å². The highest BCUT2D eigenvalue weighted by Gasteiger charge is 2.16. The normalized spacial score (nSPS) is 11.3. The van der Waals surface area contributed by atoms with Gasteiger partial charge < -0.3 is 4.74 Å². The molecule has 0 radical (unpaired) electrons. The highest BCUT2D eigenvalue weighted by Crippen LogP contribution is 2.17. The van der Waals surface area contributed by atoms with Gasteiger partial charge >= 0.3 is 6.09 Å². The van der Waals surface area contributed by atoms with Crippen LogP contribution in [-0.4, -0.2) is 21.5 Å². The van der Waals surface area contributed by atoms with Gasteiger partial charge in [-0.25, -0.2) is 22.6 Å². The van der Waals surface area contributed by atoms with Crippen LogP contribution in [0.4, 0.5) is 23.7 Å². The van der Waals surface area contributed by atoms with E-state index < -0.39 is 29.1 Å². The second-order valence-electron chi connectivity index (χ2n) is 7.80. The molecule has 0 unspecified atom stereocenters. The van der Waals surface area contributed by atoms with Crippen LogP contribution in [0.3, 0.4) is 0 Å². The Hall–Kier alpha value is -3.62. The molecule has 9 heteroatoms. The van der Waals surface area contributed by atoms with Crippen molar-refractivity contribution in [3.05, 3.63) is 87.6 Å². The maximum absolute atomic E-state index is 13.5. The van der Waals surface area contributed by atoms with Gasteiger partial charge in [-0.05, 0) is 38.5 Å². The number of rotatable bonds is 4. The van der Waals surface area contributed by atoms with Crippen molar-refractivity contribution >= 4 is 11.8 Å². The predicted molar refractivity (Wildman–Crippen MR) is 109 cm³/mol. The molecule has 0 spiro atoms. The SMILES string of the molecule is CC(C)(C)OC(=O)Nc1cccc(Cc2nn(-c3cc(F)c(F)c(F)c3)ccc2=O)c1. The molecule has 6 nitrogen and oxygen atoms in total. The van der Waals surface area contributed by atoms with Crippen LogP contribution in [0, 0.1) is 17.5 Å². The molecule has 162 valence electrons. The van der Waals surface area contributed by atoms with Crippen molar-refractivity contribution < 1.29 is 22.7 Å². The topological polar surface area (TPSA) is 73.2 Å². The van der Waals surface area contributed by atoms with Crippen LogP contribution in [-0.2, 0) is 11.2 Å². The number of nitrogens with one attached hydrogen (secondary N) is 1. The van der Waals surface area contributed by atoms with Gasteiger partial charge in [-0.3, -0.25) is 10.1 Å². The lowest BCUT2D eigenvalue weighted by atomic mass is 10.1. The zero-order chi connectivity index (χ0) is 22.8. The Bertz CT molecular complexity index is 1160. The Morgan fingerprint density at radius 1 is 1.10 bits per heavy atom. The van der Waals surface area contributed by atoms with Crippen molar-refractivity contribution in [2.75, 3.05) is 5.32 Å². The van der Waals surface area contributed by atoms with E-state index in [4.69, 9.17) is 4.74 Å². The molecule has 0 fully saturated rings. The summed E-state index contributed by atoms with van der Waals surface area (Å²) in [4.78, 5) is 24.2. The van der Waals surface area contributed by atoms with Gasteiger partial charge in [-0.1, -0.05) is 12.1 Å². The molecule has 1 amide bonds. The van der Waals surface area contributed by atoms with Crippen LogP contribution in [0.15, 0.2) is 53.5 Å². The number of halogens is 3. The van der Waals surface area contributed by atoms with E-state index in [2.05, 4.69) is 10.4 Å². The van der Waals surface area contributed by atoms with Gasteiger partial charge in [-0.15, -0.1) is 0 Å². The summed E-state index contributed by atoms with van der Waals surface area (Å²) in [7, 11) is 0. The molecule has 0 aliphatic carbocycles. The van der Waals surface area contributed by atoms with Gasteiger partial charge in [0.05, 0.1) is 5.69 Å². The van der Waals surface area contributed by atoms with E-state index in [1.807, 2.05) is 0 Å². The minimum absolute atomic E-state index is 0.0713. The molecular weight excluding hydrogens is 411 g/mol. The number of carbonyl (C=O) groups is 1. The van der Waals surface area contributed by atoms with Crippen LogP contribution in [0.1, 0.15) is 32.0 Å². The van der Waals surface area contributed by atoms with Crippen LogP contribution in [0.5, 0.6) is 0 Å². The Morgan fingerprint density at radius 2 is 1.77 bits per heavy atom. The van der Waals surface area contributed by atoms with Crippen LogP contribution in [0.25, 0.3) is 5.69 Å². The summed E-state index contributed by atoms with van der Waals surface area (Å²) in [5.41, 5.74) is 0.114. The summed E-state index contributed by atoms with van der Waals surface area (Å²) in [6.07, 6.45) is 0.707. The maximum atomic E-state index is 13.5. The van der Waals surface area contributed by atoms with E-state index in [9.17, 15) is 22.8 Å². The maximum Gasteiger partial charge on any atom is 0.412 e. The first-order valence-corrected chi connectivity index (χ1v) is 9.34. The van der Waals surface area contributed by atoms with Gasteiger partial charge in [0.2, 0.25) is 5.43 Å². The largest absolute Gasteiger partial charge is 0.444 e. The fraction of sp³-hybridized carbons (Fsp3) is 0.227. The highest BCUT2D eigenvalue weighted by molar-refractivity contribution is 5.84. The summed E-state index contributed by atoms with van der Waals surface area (Å²) < 4.78 is 46.6. The zero-order valence-corrected chi connectivity index (χ0v) is 17.1. The molecule has 3 aromatic rings. The molecule has 0 bridgehead atoms. The molecular formula is C22H20F3N3O3. The van der Waals surface area contributed by atoms with Crippen molar-refractivity contribution in [2.45, 2.75) is 32.8 Å². The Kier molecular flexibility index (Phi) is 6.14. The zero-order valence-electron chi connectivity index (χ0n) is 17.1. The highest BCUT2D eigenvalue weighted by atomic mass is 19.2. The minimum atomic E-state index is -1.58. The lowest BCUT2D eigenvalue weighted by molar-refractivity contribution is 0.0636. The fourth-order valence-corrected chi connectivity index (χ4v) is 2.76. The molecule has 0 aliphatic heterocycles. The second kappa shape index (κ2) is 8.63. The standard InChI is InChI=1S/C22H20F3N3O3/c1-22(2,3)31-21(30)26-14-6-4-5-13(9-14)10-18-19(29)7-8-28(27-18)15-11-16(23)20(25)17(24)12-15/h4-9,11-12H,10H2,1-3H3,(H,26,30). The monoisotopic (exact) mass is 431 g/mol. The van der Waals surface area contributed by atoms with Crippen molar-refractivity contribution in [1.82, 2.24) is 9.78 Å². The fourth-order valence-electron chi connectivity index (χ4n) is 2.76. The molecule has 1 heterocycles. The summed E-state index contributed by atoms with van der Waals surface area (Å²) in [6.45, 7) is 5.23. The number of hydrogen-bond acceptors (Lipinski definition) is 4. The van der Waals surface area contributed by atoms with E-state index in [-0.39, 0.29) is 23.2 Å². The van der Waals surface area contributed by atoms with Gasteiger partial charge in [-0.2, -0.15) is 5.10 Å². The Balaban J connectivity index is 1.84. The van der Waals surface area contributed by atoms with Crippen LogP contribution in [0.2, 0.25) is 0 Å². The summed E-state index contributed by atoms with van der Waals surface area (Å²) >= 11 is 0. The average molecular weight is 431 g/mol. The van der Waals surface area contributed by atoms with Crippen molar-refractivity contribution in [2.24, 2.45) is 0 Å². The first kappa shape index (κ1) is 22.1. The number of hydrogen-bond donors (Lipinski definition) is 1. The number of ether oxygens (including phenoxy) is 1. The molecule has 0 saturated heterocycles. The van der Waals surface area contributed by atoms with Crippen molar-refractivity contribution in [1.29, 1.82) is 0 Å². The molecule has 2 aromatic carbocycles. The van der Waals surface area contributed by atoms with E-state index in [0.29, 0.717) is 11.3 Å². The van der Waals surface area contributed by atoms with Gasteiger partial charge in [0, 0.05) is 36.5 Å². The number of aromatic nitrogens is 2. The number of benzene rings is 2. The minimum Gasteiger partial charge on any atom is -0.444 e. The number of amides is 1. The summed E-state index contributed by atoms with van der Waals surface area (Å²) in [5.74, 6) is -4.31. The van der Waals surface area contributed by atoms with Gasteiger partial charge in [0.15, 0.2) is 17.5 Å². The van der Waals surface area contributed by atoms with Crippen molar-refractivity contribution in [3.63, 3.8) is 0 Å². The average Bonchev–Trinajstić information content (AvgIpc) is 2.66. The lowest BCUT2D eigenvalue weighted by Crippen LogP contribution is -2.27. The Morgan fingerprint density at radius 3 is 2.42 bits per heavy atom. The van der Waals surface area contributed by atoms with E-state index in [0.717, 1.165) is 16.8 Å². The van der Waals surface area contributed by atoms with E-state index in [1.165, 1.54) is 12.3 Å². The van der Waals surface area contributed by atoms with E-state index in [1.54, 1.807) is 45.0 Å². The molecule has 0 saturated carbocycles. The molecule has 0 atom stereocenters. The van der Waals surface area contributed by atoms with Crippen molar-refractivity contribution in [3.8, 4) is 5.69 Å². The third-order valence-corrected chi connectivity index (χ3v) is 4.06. The first-order valence-electron chi connectivity index (χ1n) is 9.34. The molecule has 31 heavy (non-hydrogen) atoms. The summed E-state index contributed by atoms with van der Waals surface area (Å²) in [6, 6.07) is 9.50. The lowest BCUT2D eigenvalue weighted by Gasteiger charge is -2.19. The summed E-state index contributed by atoms with van der Waals surface area (Å²) in [5, 5.41) is 6.74. The second-order valence-corrected chi connectivity index (χ2v) is 7.80. The number of carbonyl (C=O) groups excluding carboxylic acids is 1. The molecule has 3 rings (SSSR count).